The van der Waals surface area contributed by atoms with Gasteiger partial charge < -0.3 is 9.30 Å². The Morgan fingerprint density at radius 2 is 2.20 bits per heavy atom. The number of unbranched alkanes of at least 4 members (excludes halogenated alkanes) is 1. The minimum absolute atomic E-state index is 0.104. The first kappa shape index (κ1) is 12.5. The van der Waals surface area contributed by atoms with Gasteiger partial charge in [0.15, 0.2) is 5.78 Å². The Morgan fingerprint density at radius 3 is 2.80 bits per heavy atom. The molecular formula is C11H16BrNO2. The van der Waals surface area contributed by atoms with Crippen LogP contribution in [0.2, 0.25) is 0 Å². The fourth-order valence-electron chi connectivity index (χ4n) is 1.49. The van der Waals surface area contributed by atoms with Crippen LogP contribution in [-0.4, -0.2) is 24.1 Å². The monoisotopic (exact) mass is 273 g/mol. The fraction of sp³-hybridized carbons (Fsp3) is 0.545. The number of hydrogen-bond acceptors (Lipinski definition) is 2. The maximum absolute atomic E-state index is 11.3. The number of nitrogens with zero attached hydrogens (tertiary/aromatic N) is 1. The van der Waals surface area contributed by atoms with Crippen LogP contribution in [0.1, 0.15) is 30.3 Å². The van der Waals surface area contributed by atoms with E-state index in [0.717, 1.165) is 36.3 Å². The standard InChI is InChI=1S/C11H16BrNO2/c1-9(14)10-5-6-11(12)13(10)7-3-4-8-15-2/h5-6H,3-4,7-8H2,1-2H3. The van der Waals surface area contributed by atoms with Crippen LogP contribution in [0.25, 0.3) is 0 Å². The Labute approximate surface area is 98.5 Å². The molecule has 1 aromatic heterocycles. The predicted octanol–water partition coefficient (Wildman–Crippen LogP) is 2.88. The molecule has 1 heterocycles. The smallest absolute Gasteiger partial charge is 0.176 e. The summed E-state index contributed by atoms with van der Waals surface area (Å²) in [5.74, 6) is 0.104. The van der Waals surface area contributed by atoms with Gasteiger partial charge in [-0.1, -0.05) is 0 Å². The molecule has 0 unspecified atom stereocenters. The highest BCUT2D eigenvalue weighted by Crippen LogP contribution is 2.17. The molecule has 0 aromatic carbocycles. The molecule has 0 atom stereocenters. The van der Waals surface area contributed by atoms with Crippen molar-refractivity contribution in [3.05, 3.63) is 22.4 Å². The van der Waals surface area contributed by atoms with E-state index in [1.54, 1.807) is 14.0 Å². The van der Waals surface area contributed by atoms with Gasteiger partial charge >= 0.3 is 0 Å². The lowest BCUT2D eigenvalue weighted by Gasteiger charge is -2.08. The molecule has 4 heteroatoms. The quantitative estimate of drug-likeness (QED) is 0.590. The Morgan fingerprint density at radius 1 is 1.47 bits per heavy atom. The van der Waals surface area contributed by atoms with E-state index in [1.165, 1.54) is 0 Å². The molecule has 0 radical (unpaired) electrons. The minimum Gasteiger partial charge on any atom is -0.385 e. The number of hydrogen-bond donors (Lipinski definition) is 0. The third-order valence-electron chi connectivity index (χ3n) is 2.27. The largest absolute Gasteiger partial charge is 0.385 e. The Balaban J connectivity index is 2.58. The fourth-order valence-corrected chi connectivity index (χ4v) is 1.99. The van der Waals surface area contributed by atoms with Gasteiger partial charge in [0.05, 0.1) is 10.3 Å². The summed E-state index contributed by atoms with van der Waals surface area (Å²) in [7, 11) is 1.70. The molecule has 0 amide bonds. The molecular weight excluding hydrogens is 258 g/mol. The van der Waals surface area contributed by atoms with Crippen molar-refractivity contribution in [3.63, 3.8) is 0 Å². The van der Waals surface area contributed by atoms with Gasteiger partial charge in [0.2, 0.25) is 0 Å². The molecule has 1 rings (SSSR count). The van der Waals surface area contributed by atoms with E-state index < -0.39 is 0 Å². The lowest BCUT2D eigenvalue weighted by atomic mass is 10.3. The predicted molar refractivity (Wildman–Crippen MR) is 63.2 cm³/mol. The summed E-state index contributed by atoms with van der Waals surface area (Å²) in [6, 6.07) is 3.76. The maximum Gasteiger partial charge on any atom is 0.176 e. The first-order valence-corrected chi connectivity index (χ1v) is 5.81. The SMILES string of the molecule is COCCCCn1c(Br)ccc1C(C)=O. The number of aromatic nitrogens is 1. The van der Waals surface area contributed by atoms with Crippen molar-refractivity contribution in [1.29, 1.82) is 0 Å². The van der Waals surface area contributed by atoms with E-state index in [-0.39, 0.29) is 5.78 Å². The first-order chi connectivity index (χ1) is 7.16. The molecule has 1 aromatic rings. The molecule has 0 bridgehead atoms. The van der Waals surface area contributed by atoms with Gasteiger partial charge in [-0.2, -0.15) is 0 Å². The molecule has 0 spiro atoms. The minimum atomic E-state index is 0.104. The van der Waals surface area contributed by atoms with Crippen LogP contribution in [0.15, 0.2) is 16.7 Å². The van der Waals surface area contributed by atoms with Crippen molar-refractivity contribution in [1.82, 2.24) is 4.57 Å². The van der Waals surface area contributed by atoms with Gasteiger partial charge in [0.25, 0.3) is 0 Å². The van der Waals surface area contributed by atoms with E-state index >= 15 is 0 Å². The average Bonchev–Trinajstić information content (AvgIpc) is 2.55. The van der Waals surface area contributed by atoms with Crippen LogP contribution in [0, 0.1) is 0 Å². The highest BCUT2D eigenvalue weighted by molar-refractivity contribution is 9.10. The van der Waals surface area contributed by atoms with Gasteiger partial charge in [-0.15, -0.1) is 0 Å². The van der Waals surface area contributed by atoms with Crippen LogP contribution in [-0.2, 0) is 11.3 Å². The topological polar surface area (TPSA) is 31.2 Å². The molecule has 0 N–H and O–H groups in total. The summed E-state index contributed by atoms with van der Waals surface area (Å²) < 4.78 is 7.94. The number of rotatable bonds is 6. The van der Waals surface area contributed by atoms with Gasteiger partial charge in [-0.3, -0.25) is 4.79 Å². The van der Waals surface area contributed by atoms with E-state index in [1.807, 2.05) is 16.7 Å². The van der Waals surface area contributed by atoms with Gasteiger partial charge in [-0.05, 0) is 40.9 Å². The number of carbonyl (C=O) groups excluding carboxylic acids is 1. The average molecular weight is 274 g/mol. The summed E-state index contributed by atoms with van der Waals surface area (Å²) in [4.78, 5) is 11.3. The molecule has 84 valence electrons. The van der Waals surface area contributed by atoms with Gasteiger partial charge in [0.1, 0.15) is 0 Å². The van der Waals surface area contributed by atoms with Gasteiger partial charge in [0, 0.05) is 27.2 Å². The van der Waals surface area contributed by atoms with Crippen molar-refractivity contribution < 1.29 is 9.53 Å². The summed E-state index contributed by atoms with van der Waals surface area (Å²) in [6.07, 6.45) is 2.03. The highest BCUT2D eigenvalue weighted by Gasteiger charge is 2.09. The Bertz CT molecular complexity index is 333. The summed E-state index contributed by atoms with van der Waals surface area (Å²) in [5, 5.41) is 0. The second-order valence-corrected chi connectivity index (χ2v) is 4.26. The molecule has 0 saturated carbocycles. The third-order valence-corrected chi connectivity index (χ3v) is 2.96. The third kappa shape index (κ3) is 3.47. The zero-order valence-electron chi connectivity index (χ0n) is 9.12. The highest BCUT2D eigenvalue weighted by atomic mass is 79.9. The molecule has 3 nitrogen and oxygen atoms in total. The van der Waals surface area contributed by atoms with E-state index in [9.17, 15) is 4.79 Å². The van der Waals surface area contributed by atoms with Crippen LogP contribution in [0.4, 0.5) is 0 Å². The van der Waals surface area contributed by atoms with Crippen LogP contribution in [0.5, 0.6) is 0 Å². The van der Waals surface area contributed by atoms with E-state index in [0.29, 0.717) is 0 Å². The first-order valence-electron chi connectivity index (χ1n) is 5.01. The molecule has 0 fully saturated rings. The summed E-state index contributed by atoms with van der Waals surface area (Å²) >= 11 is 3.43. The van der Waals surface area contributed by atoms with E-state index in [2.05, 4.69) is 15.9 Å². The summed E-state index contributed by atoms with van der Waals surface area (Å²) in [5.41, 5.74) is 0.763. The normalized spacial score (nSPS) is 10.6. The molecule has 15 heavy (non-hydrogen) atoms. The molecule has 0 aliphatic rings. The molecule has 0 aliphatic carbocycles. The van der Waals surface area contributed by atoms with Crippen molar-refractivity contribution in [3.8, 4) is 0 Å². The number of Topliss-reactive ketones (excluding diaryl/α,β-unsaturated/α-hetero) is 1. The zero-order valence-corrected chi connectivity index (χ0v) is 10.7. The lowest BCUT2D eigenvalue weighted by Crippen LogP contribution is -2.07. The van der Waals surface area contributed by atoms with Crippen molar-refractivity contribution in [2.24, 2.45) is 0 Å². The molecule has 0 aliphatic heterocycles. The molecule has 0 saturated heterocycles. The van der Waals surface area contributed by atoms with Crippen molar-refractivity contribution in [2.45, 2.75) is 26.3 Å². The van der Waals surface area contributed by atoms with Crippen LogP contribution < -0.4 is 0 Å². The second-order valence-electron chi connectivity index (χ2n) is 3.45. The van der Waals surface area contributed by atoms with Crippen molar-refractivity contribution in [2.75, 3.05) is 13.7 Å². The number of carbonyl (C=O) groups is 1. The van der Waals surface area contributed by atoms with Gasteiger partial charge in [-0.25, -0.2) is 0 Å². The Kier molecular flexibility index (Phi) is 5.05. The zero-order chi connectivity index (χ0) is 11.3. The number of halogens is 1. The van der Waals surface area contributed by atoms with E-state index in [4.69, 9.17) is 4.74 Å². The summed E-state index contributed by atoms with van der Waals surface area (Å²) in [6.45, 7) is 3.22. The Hall–Kier alpha value is -0.610. The number of ether oxygens (including phenoxy) is 1. The lowest BCUT2D eigenvalue weighted by molar-refractivity contribution is 0.100. The maximum atomic E-state index is 11.3. The van der Waals surface area contributed by atoms with Crippen LogP contribution >= 0.6 is 15.9 Å². The number of ketones is 1. The van der Waals surface area contributed by atoms with Crippen molar-refractivity contribution >= 4 is 21.7 Å². The number of methoxy groups -OCH3 is 1. The second kappa shape index (κ2) is 6.08. The van der Waals surface area contributed by atoms with Crippen LogP contribution in [0.3, 0.4) is 0 Å².